The number of nitrogens with zero attached hydrogens (tertiary/aromatic N) is 1. The molecule has 0 spiro atoms. The highest BCUT2D eigenvalue weighted by molar-refractivity contribution is 7.99. The van der Waals surface area contributed by atoms with Crippen molar-refractivity contribution in [2.75, 3.05) is 24.8 Å². The Bertz CT molecular complexity index is 523. The second-order valence-corrected chi connectivity index (χ2v) is 5.72. The van der Waals surface area contributed by atoms with Crippen molar-refractivity contribution in [3.63, 3.8) is 0 Å². The summed E-state index contributed by atoms with van der Waals surface area (Å²) in [5.74, 6) is 0.625. The second kappa shape index (κ2) is 7.21. The van der Waals surface area contributed by atoms with E-state index in [4.69, 9.17) is 9.84 Å². The number of nitrogens with one attached hydrogen (secondary N) is 1. The van der Waals surface area contributed by atoms with Gasteiger partial charge in [0.1, 0.15) is 18.4 Å². The highest BCUT2D eigenvalue weighted by atomic mass is 32.2. The van der Waals surface area contributed by atoms with Crippen LogP contribution < -0.4 is 10.1 Å². The molecule has 0 bridgehead atoms. The number of carboxylic acids is 1. The van der Waals surface area contributed by atoms with Crippen molar-refractivity contribution in [3.05, 3.63) is 29.8 Å². The van der Waals surface area contributed by atoms with E-state index in [0.29, 0.717) is 24.8 Å². The predicted molar refractivity (Wildman–Crippen MR) is 80.7 cm³/mol. The molecular weight excluding hydrogens is 292 g/mol. The van der Waals surface area contributed by atoms with Crippen LogP contribution in [0, 0.1) is 6.92 Å². The van der Waals surface area contributed by atoms with Crippen LogP contribution in [0.15, 0.2) is 24.3 Å². The zero-order valence-corrected chi connectivity index (χ0v) is 12.6. The van der Waals surface area contributed by atoms with Crippen LogP contribution in [0.4, 0.5) is 4.79 Å². The minimum Gasteiger partial charge on any atom is -0.492 e. The number of carbonyl (C=O) groups is 2. The third-order valence-electron chi connectivity index (χ3n) is 3.06. The quantitative estimate of drug-likeness (QED) is 0.807. The number of hydrogen-bond acceptors (Lipinski definition) is 4. The maximum atomic E-state index is 11.9. The lowest BCUT2D eigenvalue weighted by atomic mass is 10.2. The maximum Gasteiger partial charge on any atom is 0.327 e. The van der Waals surface area contributed by atoms with Gasteiger partial charge < -0.3 is 20.1 Å². The number of amides is 2. The van der Waals surface area contributed by atoms with Gasteiger partial charge in [0.05, 0.1) is 12.4 Å². The fourth-order valence-electron chi connectivity index (χ4n) is 1.98. The Morgan fingerprint density at radius 3 is 3.05 bits per heavy atom. The van der Waals surface area contributed by atoms with E-state index >= 15 is 0 Å². The summed E-state index contributed by atoms with van der Waals surface area (Å²) in [6.45, 7) is 2.65. The molecule has 0 saturated carbocycles. The molecule has 1 aliphatic heterocycles. The van der Waals surface area contributed by atoms with Crippen LogP contribution in [-0.2, 0) is 4.79 Å². The molecule has 1 aromatic rings. The van der Waals surface area contributed by atoms with Gasteiger partial charge in [-0.3, -0.25) is 0 Å². The number of rotatable bonds is 5. The minimum absolute atomic E-state index is 0.334. The fourth-order valence-corrected chi connectivity index (χ4v) is 3.13. The van der Waals surface area contributed by atoms with E-state index in [1.54, 1.807) is 0 Å². The summed E-state index contributed by atoms with van der Waals surface area (Å²) in [5.41, 5.74) is 1.11. The lowest BCUT2D eigenvalue weighted by Crippen LogP contribution is -2.47. The summed E-state index contributed by atoms with van der Waals surface area (Å²) >= 11 is 1.44. The first kappa shape index (κ1) is 15.5. The zero-order valence-electron chi connectivity index (χ0n) is 11.7. The SMILES string of the molecule is Cc1cccc(OCCNC(=O)N2CSCC2C(=O)O)c1. The van der Waals surface area contributed by atoms with E-state index in [2.05, 4.69) is 5.32 Å². The highest BCUT2D eigenvalue weighted by Crippen LogP contribution is 2.20. The molecule has 0 aliphatic carbocycles. The van der Waals surface area contributed by atoms with Gasteiger partial charge in [-0.25, -0.2) is 9.59 Å². The van der Waals surface area contributed by atoms with Gasteiger partial charge >= 0.3 is 12.0 Å². The Labute approximate surface area is 127 Å². The number of urea groups is 1. The summed E-state index contributed by atoms with van der Waals surface area (Å²) in [4.78, 5) is 24.2. The normalized spacial score (nSPS) is 17.6. The van der Waals surface area contributed by atoms with Crippen molar-refractivity contribution in [2.24, 2.45) is 0 Å². The number of benzene rings is 1. The van der Waals surface area contributed by atoms with E-state index in [9.17, 15) is 9.59 Å². The van der Waals surface area contributed by atoms with Crippen molar-refractivity contribution in [1.29, 1.82) is 0 Å². The van der Waals surface area contributed by atoms with Gasteiger partial charge in [0, 0.05) is 5.75 Å². The first-order valence-electron chi connectivity index (χ1n) is 6.62. The molecule has 1 heterocycles. The van der Waals surface area contributed by atoms with Crippen molar-refractivity contribution in [3.8, 4) is 5.75 Å². The number of carboxylic acid groups (broad SMARTS) is 1. The first-order valence-corrected chi connectivity index (χ1v) is 7.78. The van der Waals surface area contributed by atoms with Gasteiger partial charge in [0.15, 0.2) is 0 Å². The van der Waals surface area contributed by atoms with Crippen LogP contribution in [0.5, 0.6) is 5.75 Å². The predicted octanol–water partition coefficient (Wildman–Crippen LogP) is 1.54. The number of aliphatic carboxylic acids is 1. The summed E-state index contributed by atoms with van der Waals surface area (Å²) in [5, 5.41) is 11.7. The van der Waals surface area contributed by atoms with E-state index in [1.165, 1.54) is 16.7 Å². The van der Waals surface area contributed by atoms with Crippen LogP contribution in [0.3, 0.4) is 0 Å². The average molecular weight is 310 g/mol. The Balaban J connectivity index is 1.73. The standard InChI is InChI=1S/C14H18N2O4S/c1-10-3-2-4-11(7-10)20-6-5-15-14(19)16-9-21-8-12(16)13(17)18/h2-4,7,12H,5-6,8-9H2,1H3,(H,15,19)(H,17,18). The third-order valence-corrected chi connectivity index (χ3v) is 4.08. The summed E-state index contributed by atoms with van der Waals surface area (Å²) < 4.78 is 5.52. The van der Waals surface area contributed by atoms with Gasteiger partial charge in [-0.15, -0.1) is 11.8 Å². The monoisotopic (exact) mass is 310 g/mol. The van der Waals surface area contributed by atoms with Crippen LogP contribution >= 0.6 is 11.8 Å². The van der Waals surface area contributed by atoms with Crippen molar-refractivity contribution in [1.82, 2.24) is 10.2 Å². The number of carbonyl (C=O) groups excluding carboxylic acids is 1. The van der Waals surface area contributed by atoms with Gasteiger partial charge in [-0.1, -0.05) is 12.1 Å². The molecule has 114 valence electrons. The molecule has 21 heavy (non-hydrogen) atoms. The Morgan fingerprint density at radius 1 is 1.52 bits per heavy atom. The molecule has 7 heteroatoms. The zero-order chi connectivity index (χ0) is 15.2. The van der Waals surface area contributed by atoms with Crippen LogP contribution in [-0.4, -0.2) is 52.8 Å². The molecule has 6 nitrogen and oxygen atoms in total. The minimum atomic E-state index is -0.967. The van der Waals surface area contributed by atoms with E-state index in [1.807, 2.05) is 31.2 Å². The molecule has 2 rings (SSSR count). The molecule has 1 fully saturated rings. The van der Waals surface area contributed by atoms with E-state index in [0.717, 1.165) is 11.3 Å². The molecule has 1 saturated heterocycles. The van der Waals surface area contributed by atoms with Crippen molar-refractivity contribution in [2.45, 2.75) is 13.0 Å². The molecule has 1 aromatic carbocycles. The van der Waals surface area contributed by atoms with Gasteiger partial charge in [-0.2, -0.15) is 0 Å². The van der Waals surface area contributed by atoms with Crippen LogP contribution in [0.2, 0.25) is 0 Å². The number of aryl methyl sites for hydroxylation is 1. The molecule has 2 amide bonds. The number of thioether (sulfide) groups is 1. The summed E-state index contributed by atoms with van der Waals surface area (Å²) in [6.07, 6.45) is 0. The Hall–Kier alpha value is -1.89. The molecule has 1 atom stereocenters. The lowest BCUT2D eigenvalue weighted by molar-refractivity contribution is -0.140. The molecule has 0 aromatic heterocycles. The molecule has 1 aliphatic rings. The average Bonchev–Trinajstić information content (AvgIpc) is 2.93. The first-order chi connectivity index (χ1) is 10.1. The summed E-state index contributed by atoms with van der Waals surface area (Å²) in [6, 6.07) is 6.55. The van der Waals surface area contributed by atoms with Gasteiger partial charge in [-0.05, 0) is 24.6 Å². The number of hydrogen-bond donors (Lipinski definition) is 2. The van der Waals surface area contributed by atoms with Gasteiger partial charge in [0.25, 0.3) is 0 Å². The third kappa shape index (κ3) is 4.29. The van der Waals surface area contributed by atoms with Crippen molar-refractivity contribution < 1.29 is 19.4 Å². The van der Waals surface area contributed by atoms with E-state index < -0.39 is 12.0 Å². The van der Waals surface area contributed by atoms with Crippen molar-refractivity contribution >= 4 is 23.8 Å². The highest BCUT2D eigenvalue weighted by Gasteiger charge is 2.34. The molecule has 2 N–H and O–H groups in total. The topological polar surface area (TPSA) is 78.9 Å². The van der Waals surface area contributed by atoms with E-state index in [-0.39, 0.29) is 6.03 Å². The Kier molecular flexibility index (Phi) is 5.32. The molecule has 0 radical (unpaired) electrons. The van der Waals surface area contributed by atoms with Crippen LogP contribution in [0.25, 0.3) is 0 Å². The van der Waals surface area contributed by atoms with Gasteiger partial charge in [0.2, 0.25) is 0 Å². The second-order valence-electron chi connectivity index (χ2n) is 4.72. The fraction of sp³-hybridized carbons (Fsp3) is 0.429. The molecule has 1 unspecified atom stereocenters. The largest absolute Gasteiger partial charge is 0.492 e. The van der Waals surface area contributed by atoms with Crippen LogP contribution in [0.1, 0.15) is 5.56 Å². The summed E-state index contributed by atoms with van der Waals surface area (Å²) in [7, 11) is 0. The maximum absolute atomic E-state index is 11.9. The lowest BCUT2D eigenvalue weighted by Gasteiger charge is -2.20. The Morgan fingerprint density at radius 2 is 2.33 bits per heavy atom. The molecular formula is C14H18N2O4S. The number of ether oxygens (including phenoxy) is 1. The smallest absolute Gasteiger partial charge is 0.327 e.